The summed E-state index contributed by atoms with van der Waals surface area (Å²) in [4.78, 5) is 23.5. The first-order chi connectivity index (χ1) is 12.7. The van der Waals surface area contributed by atoms with E-state index in [2.05, 4.69) is 26.1 Å². The molecule has 28 heavy (non-hydrogen) atoms. The maximum atomic E-state index is 10.2. The number of aliphatic imine (C=N–C) groups is 1. The topological polar surface area (TPSA) is 232 Å². The van der Waals surface area contributed by atoms with Gasteiger partial charge in [0.05, 0.1) is 27.7 Å². The van der Waals surface area contributed by atoms with Crippen LogP contribution >= 0.6 is 0 Å². The highest BCUT2D eigenvalue weighted by atomic mass is 16.4. The van der Waals surface area contributed by atoms with Crippen molar-refractivity contribution in [1.82, 2.24) is 0 Å². The molecule has 0 rings (SSSR count). The van der Waals surface area contributed by atoms with Gasteiger partial charge >= 0.3 is 11.9 Å². The summed E-state index contributed by atoms with van der Waals surface area (Å²) in [5.41, 5.74) is 20.2. The summed E-state index contributed by atoms with van der Waals surface area (Å²) in [6, 6.07) is -1.55. The number of guanidine groups is 1. The summed E-state index contributed by atoms with van der Waals surface area (Å²) in [6.07, 6.45) is 0.956. The van der Waals surface area contributed by atoms with Gasteiger partial charge in [-0.25, -0.2) is 0 Å². The van der Waals surface area contributed by atoms with Gasteiger partial charge in [-0.2, -0.15) is 0 Å². The van der Waals surface area contributed by atoms with Crippen LogP contribution < -0.4 is 22.9 Å². The van der Waals surface area contributed by atoms with Crippen molar-refractivity contribution in [3.63, 3.8) is 0 Å². The fourth-order valence-corrected chi connectivity index (χ4v) is 0.943. The molecule has 0 aliphatic heterocycles. The van der Waals surface area contributed by atoms with Gasteiger partial charge in [0.25, 0.3) is 0 Å². The molecule has 0 saturated carbocycles. The molecule has 12 nitrogen and oxygen atoms in total. The van der Waals surface area contributed by atoms with E-state index < -0.39 is 24.0 Å². The SMILES string of the molecule is CC(N)C(=O)O.CCO.C[N+](C)(C)CCO.NC(N)=NCCCC(N)C(=O)O. The zero-order valence-corrected chi connectivity index (χ0v) is 17.7. The number of carboxylic acids is 2. The number of carbonyl (C=O) groups is 2. The first kappa shape index (κ1) is 33.6. The van der Waals surface area contributed by atoms with Crippen LogP contribution in [0.25, 0.3) is 0 Å². The van der Waals surface area contributed by atoms with E-state index in [0.29, 0.717) is 19.4 Å². The maximum Gasteiger partial charge on any atom is 0.320 e. The number of aliphatic hydroxyl groups excluding tert-OH is 2. The van der Waals surface area contributed by atoms with Crippen molar-refractivity contribution in [1.29, 1.82) is 0 Å². The highest BCUT2D eigenvalue weighted by Crippen LogP contribution is 1.94. The first-order valence-electron chi connectivity index (χ1n) is 8.70. The lowest BCUT2D eigenvalue weighted by Gasteiger charge is -2.21. The molecule has 2 atom stereocenters. The number of nitrogens with zero attached hydrogens (tertiary/aromatic N) is 2. The van der Waals surface area contributed by atoms with Crippen LogP contribution in [0.3, 0.4) is 0 Å². The molecule has 2 unspecified atom stereocenters. The molecule has 0 saturated heterocycles. The molecule has 0 radical (unpaired) electrons. The third-order valence-electron chi connectivity index (χ3n) is 2.45. The Labute approximate surface area is 167 Å². The van der Waals surface area contributed by atoms with E-state index in [1.54, 1.807) is 6.92 Å². The summed E-state index contributed by atoms with van der Waals surface area (Å²) in [6.45, 7) is 4.88. The molecule has 0 bridgehead atoms. The molecule has 0 fully saturated rings. The van der Waals surface area contributed by atoms with E-state index in [1.165, 1.54) is 6.92 Å². The van der Waals surface area contributed by atoms with E-state index in [1.807, 2.05) is 0 Å². The van der Waals surface area contributed by atoms with Gasteiger partial charge in [-0.15, -0.1) is 0 Å². The number of likely N-dealkylation sites (N-methyl/N-ethyl adjacent to an activating group) is 1. The van der Waals surface area contributed by atoms with Gasteiger partial charge in [0.2, 0.25) is 0 Å². The molecule has 0 aromatic heterocycles. The molecular formula is C16H41N6O6+. The third kappa shape index (κ3) is 43.9. The Hall–Kier alpha value is -1.99. The lowest BCUT2D eigenvalue weighted by atomic mass is 10.2. The van der Waals surface area contributed by atoms with Gasteiger partial charge in [-0.3, -0.25) is 14.6 Å². The van der Waals surface area contributed by atoms with Gasteiger partial charge in [0.1, 0.15) is 18.6 Å². The van der Waals surface area contributed by atoms with Gasteiger partial charge in [0, 0.05) is 13.2 Å². The van der Waals surface area contributed by atoms with Crippen LogP contribution in [-0.4, -0.2) is 102 Å². The fourth-order valence-electron chi connectivity index (χ4n) is 0.943. The van der Waals surface area contributed by atoms with Crippen molar-refractivity contribution < 1.29 is 34.5 Å². The molecule has 170 valence electrons. The van der Waals surface area contributed by atoms with Crippen molar-refractivity contribution in [2.75, 3.05) is 47.4 Å². The lowest BCUT2D eigenvalue weighted by molar-refractivity contribution is -0.870. The van der Waals surface area contributed by atoms with E-state index in [-0.39, 0.29) is 19.2 Å². The molecule has 0 aromatic rings. The van der Waals surface area contributed by atoms with E-state index in [4.69, 9.17) is 43.4 Å². The standard InChI is InChI=1S/C6H14N4O2.C5H14NO.C3H7NO2.C2H6O/c7-4(5(11)12)2-1-3-10-6(8)9;1-6(2,3)4-5-7;1-2(4)3(5)6;1-2-3/h4H,1-3,7H2,(H,11,12)(H4,8,9,10);7H,4-5H2,1-3H3;2H,4H2,1H3,(H,5,6);3H,2H2,1H3/q;+1;;. The van der Waals surface area contributed by atoms with E-state index >= 15 is 0 Å². The average Bonchev–Trinajstić information content (AvgIpc) is 2.51. The van der Waals surface area contributed by atoms with Gasteiger partial charge in [0.15, 0.2) is 5.96 Å². The fraction of sp³-hybridized carbons (Fsp3) is 0.812. The highest BCUT2D eigenvalue weighted by molar-refractivity contribution is 5.75. The summed E-state index contributed by atoms with van der Waals surface area (Å²) in [7, 11) is 6.16. The Bertz CT molecular complexity index is 409. The Morgan fingerprint density at radius 3 is 1.61 bits per heavy atom. The molecule has 0 aromatic carbocycles. The Morgan fingerprint density at radius 2 is 1.43 bits per heavy atom. The number of aliphatic hydroxyl groups is 2. The number of hydrogen-bond acceptors (Lipinski definition) is 7. The van der Waals surface area contributed by atoms with E-state index in [9.17, 15) is 9.59 Å². The summed E-state index contributed by atoms with van der Waals surface area (Å²) in [5.74, 6) is -1.95. The number of nitrogens with two attached hydrogens (primary N) is 4. The molecule has 0 aliphatic rings. The zero-order valence-electron chi connectivity index (χ0n) is 17.7. The van der Waals surface area contributed by atoms with Crippen LogP contribution in [0.2, 0.25) is 0 Å². The maximum absolute atomic E-state index is 10.2. The van der Waals surface area contributed by atoms with Crippen LogP contribution in [-0.2, 0) is 9.59 Å². The normalized spacial score (nSPS) is 11.8. The van der Waals surface area contributed by atoms with Gasteiger partial charge in [-0.05, 0) is 26.7 Å². The first-order valence-corrected chi connectivity index (χ1v) is 8.70. The van der Waals surface area contributed by atoms with Crippen molar-refractivity contribution in [2.24, 2.45) is 27.9 Å². The summed E-state index contributed by atoms with van der Waals surface area (Å²) in [5, 5.41) is 32.2. The second-order valence-corrected chi connectivity index (χ2v) is 6.57. The molecule has 12 N–H and O–H groups in total. The van der Waals surface area contributed by atoms with Gasteiger partial charge < -0.3 is 47.8 Å². The quantitative estimate of drug-likeness (QED) is 0.0905. The average molecular weight is 414 g/mol. The molecule has 12 heteroatoms. The van der Waals surface area contributed by atoms with Crippen molar-refractivity contribution >= 4 is 17.9 Å². The third-order valence-corrected chi connectivity index (χ3v) is 2.45. The lowest BCUT2D eigenvalue weighted by Crippen LogP contribution is -2.36. The second kappa shape index (κ2) is 21.3. The Balaban J connectivity index is -0.000000154. The summed E-state index contributed by atoms with van der Waals surface area (Å²) < 4.78 is 0.844. The molecule has 0 heterocycles. The smallest absolute Gasteiger partial charge is 0.320 e. The largest absolute Gasteiger partial charge is 0.480 e. The summed E-state index contributed by atoms with van der Waals surface area (Å²) >= 11 is 0. The van der Waals surface area contributed by atoms with Gasteiger partial charge in [-0.1, -0.05) is 0 Å². The molecule has 0 amide bonds. The Kier molecular flexibility index (Phi) is 25.6. The predicted octanol–water partition coefficient (Wildman–Crippen LogP) is -2.45. The number of carboxylic acid groups (broad SMARTS) is 2. The molecular weight excluding hydrogens is 372 g/mol. The minimum atomic E-state index is -1.00. The van der Waals surface area contributed by atoms with Crippen molar-refractivity contribution in [3.8, 4) is 0 Å². The molecule has 0 spiro atoms. The van der Waals surface area contributed by atoms with Crippen LogP contribution in [0.15, 0.2) is 4.99 Å². The van der Waals surface area contributed by atoms with Crippen molar-refractivity contribution in [3.05, 3.63) is 0 Å². The van der Waals surface area contributed by atoms with Crippen LogP contribution in [0.4, 0.5) is 0 Å². The van der Waals surface area contributed by atoms with Crippen molar-refractivity contribution in [2.45, 2.75) is 38.8 Å². The number of hydrogen-bond donors (Lipinski definition) is 8. The highest BCUT2D eigenvalue weighted by Gasteiger charge is 2.09. The number of quaternary nitrogens is 1. The Morgan fingerprint density at radius 1 is 1.04 bits per heavy atom. The molecule has 0 aliphatic carbocycles. The second-order valence-electron chi connectivity index (χ2n) is 6.57. The predicted molar refractivity (Wildman–Crippen MR) is 110 cm³/mol. The minimum Gasteiger partial charge on any atom is -0.480 e. The zero-order chi connectivity index (χ0) is 23.3. The van der Waals surface area contributed by atoms with Crippen LogP contribution in [0, 0.1) is 0 Å². The number of aliphatic carboxylic acids is 2. The minimum absolute atomic E-state index is 0.0129. The number of rotatable bonds is 8. The van der Waals surface area contributed by atoms with Crippen LogP contribution in [0.1, 0.15) is 26.7 Å². The monoisotopic (exact) mass is 413 g/mol. The van der Waals surface area contributed by atoms with Crippen LogP contribution in [0.5, 0.6) is 0 Å². The van der Waals surface area contributed by atoms with E-state index in [0.717, 1.165) is 11.0 Å².